The van der Waals surface area contributed by atoms with E-state index in [0.29, 0.717) is 23.7 Å². The number of anilines is 1. The van der Waals surface area contributed by atoms with Crippen molar-refractivity contribution >= 4 is 38.4 Å². The van der Waals surface area contributed by atoms with Crippen molar-refractivity contribution in [3.63, 3.8) is 0 Å². The largest absolute Gasteiger partial charge is 0.363 e. The third-order valence-corrected chi connectivity index (χ3v) is 13.1. The number of rotatable bonds is 5. The van der Waals surface area contributed by atoms with Crippen LogP contribution < -0.4 is 10.2 Å². The Bertz CT molecular complexity index is 2590. The topological polar surface area (TPSA) is 15.3 Å². The molecule has 268 valence electrons. The van der Waals surface area contributed by atoms with Crippen LogP contribution in [0.4, 0.5) is 5.69 Å². The molecule has 6 aliphatic rings. The Labute approximate surface area is 325 Å². The van der Waals surface area contributed by atoms with Crippen LogP contribution >= 0.6 is 0 Å². The van der Waals surface area contributed by atoms with E-state index in [9.17, 15) is 0 Å². The summed E-state index contributed by atoms with van der Waals surface area (Å²) >= 11 is 0. The number of hydrogen-bond acceptors (Lipinski definition) is 2. The van der Waals surface area contributed by atoms with E-state index in [1.165, 1.54) is 90.4 Å². The van der Waals surface area contributed by atoms with E-state index in [2.05, 4.69) is 180 Å². The summed E-state index contributed by atoms with van der Waals surface area (Å²) in [7, 11) is 0. The highest BCUT2D eigenvalue weighted by atomic mass is 15.3. The lowest BCUT2D eigenvalue weighted by Gasteiger charge is -2.34. The lowest BCUT2D eigenvalue weighted by atomic mass is 9.70. The molecule has 1 N–H and O–H groups in total. The number of hydrogen-bond donors (Lipinski definition) is 1. The van der Waals surface area contributed by atoms with E-state index in [4.69, 9.17) is 0 Å². The van der Waals surface area contributed by atoms with Gasteiger partial charge in [0.05, 0.1) is 5.70 Å². The van der Waals surface area contributed by atoms with Gasteiger partial charge in [-0.2, -0.15) is 0 Å². The van der Waals surface area contributed by atoms with Gasteiger partial charge in [-0.1, -0.05) is 146 Å². The smallest absolute Gasteiger partial charge is 0.130 e. The zero-order valence-electron chi connectivity index (χ0n) is 31.2. The molecule has 0 fully saturated rings. The Morgan fingerprint density at radius 1 is 0.564 bits per heavy atom. The second kappa shape index (κ2) is 13.5. The molecule has 0 spiro atoms. The van der Waals surface area contributed by atoms with Gasteiger partial charge in [0.1, 0.15) is 6.17 Å². The zero-order chi connectivity index (χ0) is 36.3. The summed E-state index contributed by atoms with van der Waals surface area (Å²) in [6.45, 7) is 0. The monoisotopic (exact) mass is 710 g/mol. The Morgan fingerprint density at radius 2 is 1.27 bits per heavy atom. The minimum atomic E-state index is 0.0561. The van der Waals surface area contributed by atoms with Gasteiger partial charge in [-0.05, 0) is 135 Å². The molecule has 0 aromatic heterocycles. The minimum Gasteiger partial charge on any atom is -0.363 e. The van der Waals surface area contributed by atoms with Crippen LogP contribution in [-0.2, 0) is 0 Å². The molecule has 5 atom stereocenters. The molecule has 0 bridgehead atoms. The molecule has 0 saturated carbocycles. The normalized spacial score (nSPS) is 25.1. The van der Waals surface area contributed by atoms with Gasteiger partial charge in [-0.15, -0.1) is 0 Å². The second-order valence-corrected chi connectivity index (χ2v) is 16.1. The maximum Gasteiger partial charge on any atom is 0.130 e. The van der Waals surface area contributed by atoms with Gasteiger partial charge in [0.25, 0.3) is 0 Å². The molecule has 5 unspecified atom stereocenters. The maximum atomic E-state index is 3.90. The molecule has 5 aromatic rings. The first-order chi connectivity index (χ1) is 27.3. The molecule has 5 aromatic carbocycles. The Balaban J connectivity index is 1.07. The number of allylic oxidation sites excluding steroid dienone is 15. The summed E-state index contributed by atoms with van der Waals surface area (Å²) in [5.41, 5.74) is 13.4. The van der Waals surface area contributed by atoms with Gasteiger partial charge in [0, 0.05) is 23.2 Å². The summed E-state index contributed by atoms with van der Waals surface area (Å²) in [5, 5.41) is 9.39. The van der Waals surface area contributed by atoms with Gasteiger partial charge in [-0.25, -0.2) is 0 Å². The quantitative estimate of drug-likeness (QED) is 0.144. The lowest BCUT2D eigenvalue weighted by molar-refractivity contribution is 0.503. The zero-order valence-corrected chi connectivity index (χ0v) is 31.2. The fourth-order valence-electron chi connectivity index (χ4n) is 10.5. The molecule has 1 aliphatic heterocycles. The van der Waals surface area contributed by atoms with Crippen molar-refractivity contribution in [2.24, 2.45) is 23.7 Å². The number of nitrogens with one attached hydrogen (secondary N) is 1. The summed E-state index contributed by atoms with van der Waals surface area (Å²) < 4.78 is 0. The van der Waals surface area contributed by atoms with E-state index >= 15 is 0 Å². The van der Waals surface area contributed by atoms with E-state index in [0.717, 1.165) is 25.7 Å². The summed E-state index contributed by atoms with van der Waals surface area (Å²) in [6.07, 6.45) is 35.5. The molecular formula is C53H46N2. The standard InChI is InChI=1S/C53H46N2/c1-2-18-40(19-3-1)55-50-27-11-10-26-49(50)54-53(55)38-30-28-35(29-31-38)39-32-33-47-48(34-39)52(44-25-13-17-37-15-5-7-21-42(37)44)46-23-9-8-22-45(46)51(47)43-24-12-16-36-14-4-6-20-41(36)43/h1-3,5-9,11-12,15-16,18-25,27-34,36-37,41-42,53-54H,4,10,13-14,17,26H2. The molecule has 2 heteroatoms. The Morgan fingerprint density at radius 3 is 2.13 bits per heavy atom. The number of fused-ring (bicyclic) bond motifs is 4. The fourth-order valence-corrected chi connectivity index (χ4v) is 10.5. The van der Waals surface area contributed by atoms with E-state index < -0.39 is 0 Å². The van der Waals surface area contributed by atoms with Crippen LogP contribution in [0.15, 0.2) is 181 Å². The van der Waals surface area contributed by atoms with Crippen LogP contribution in [0.3, 0.4) is 0 Å². The van der Waals surface area contributed by atoms with Crippen LogP contribution in [0.25, 0.3) is 43.8 Å². The van der Waals surface area contributed by atoms with E-state index in [-0.39, 0.29) is 6.17 Å². The van der Waals surface area contributed by atoms with Crippen LogP contribution in [0.5, 0.6) is 0 Å². The molecule has 11 rings (SSSR count). The average molecular weight is 711 g/mol. The highest BCUT2D eigenvalue weighted by Gasteiger charge is 2.34. The van der Waals surface area contributed by atoms with Crippen LogP contribution in [0, 0.1) is 23.7 Å². The van der Waals surface area contributed by atoms with Gasteiger partial charge in [-0.3, -0.25) is 0 Å². The first-order valence-corrected chi connectivity index (χ1v) is 20.5. The van der Waals surface area contributed by atoms with Crippen molar-refractivity contribution in [3.8, 4) is 11.1 Å². The van der Waals surface area contributed by atoms with Gasteiger partial charge in [0.15, 0.2) is 0 Å². The maximum absolute atomic E-state index is 3.90. The van der Waals surface area contributed by atoms with Crippen LogP contribution in [0.1, 0.15) is 61.4 Å². The van der Waals surface area contributed by atoms with Crippen LogP contribution in [-0.4, -0.2) is 0 Å². The lowest BCUT2D eigenvalue weighted by Crippen LogP contribution is -2.28. The second-order valence-electron chi connectivity index (χ2n) is 16.1. The van der Waals surface area contributed by atoms with Crippen molar-refractivity contribution in [1.82, 2.24) is 5.32 Å². The fraction of sp³-hybridized carbons (Fsp3) is 0.208. The van der Waals surface area contributed by atoms with Gasteiger partial charge >= 0.3 is 0 Å². The van der Waals surface area contributed by atoms with Gasteiger partial charge < -0.3 is 10.2 Å². The molecule has 5 aliphatic carbocycles. The number of para-hydroxylation sites is 1. The Hall–Kier alpha value is -5.86. The highest BCUT2D eigenvalue weighted by Crippen LogP contribution is 2.50. The Kier molecular flexibility index (Phi) is 7.97. The van der Waals surface area contributed by atoms with E-state index in [1.807, 2.05) is 0 Å². The first-order valence-electron chi connectivity index (χ1n) is 20.5. The third kappa shape index (κ3) is 5.45. The molecule has 1 heterocycles. The van der Waals surface area contributed by atoms with Crippen molar-refractivity contribution in [1.29, 1.82) is 0 Å². The van der Waals surface area contributed by atoms with Gasteiger partial charge in [0.2, 0.25) is 0 Å². The molecule has 0 amide bonds. The first kappa shape index (κ1) is 32.6. The molecule has 0 saturated heterocycles. The third-order valence-electron chi connectivity index (χ3n) is 13.1. The highest BCUT2D eigenvalue weighted by molar-refractivity contribution is 6.17. The predicted octanol–water partition coefficient (Wildman–Crippen LogP) is 13.4. The summed E-state index contributed by atoms with van der Waals surface area (Å²) in [4.78, 5) is 2.47. The SMILES string of the molecule is C1=CC2CCC=CC2C(c2c3ccccc3c(C3=CCCC4C=CC=CC34)c3cc(-c4ccc(C5NC6=C(C=CCC6)N5c5ccccc5)cc4)ccc23)=C1. The predicted molar refractivity (Wildman–Crippen MR) is 232 cm³/mol. The molecule has 2 nitrogen and oxygen atoms in total. The molecule has 0 radical (unpaired) electrons. The number of benzene rings is 5. The molecular weight excluding hydrogens is 665 g/mol. The molecule has 55 heavy (non-hydrogen) atoms. The van der Waals surface area contributed by atoms with Crippen LogP contribution in [0.2, 0.25) is 0 Å². The number of nitrogens with zero attached hydrogens (tertiary/aromatic N) is 1. The minimum absolute atomic E-state index is 0.0561. The summed E-state index contributed by atoms with van der Waals surface area (Å²) in [6, 6.07) is 36.8. The van der Waals surface area contributed by atoms with Crippen molar-refractivity contribution in [3.05, 3.63) is 198 Å². The average Bonchev–Trinajstić information content (AvgIpc) is 3.65. The van der Waals surface area contributed by atoms with E-state index in [1.54, 1.807) is 0 Å². The van der Waals surface area contributed by atoms with Crippen molar-refractivity contribution < 1.29 is 0 Å². The summed E-state index contributed by atoms with van der Waals surface area (Å²) in [5.74, 6) is 1.90. The van der Waals surface area contributed by atoms with Crippen molar-refractivity contribution in [2.45, 2.75) is 44.7 Å². The van der Waals surface area contributed by atoms with Crippen molar-refractivity contribution in [2.75, 3.05) is 4.90 Å².